The second kappa shape index (κ2) is 7.06. The maximum atomic E-state index is 13.7. The van der Waals surface area contributed by atoms with E-state index in [1.165, 1.54) is 0 Å². The van der Waals surface area contributed by atoms with E-state index in [2.05, 4.69) is 5.32 Å². The maximum absolute atomic E-state index is 13.7. The van der Waals surface area contributed by atoms with Crippen molar-refractivity contribution in [3.8, 4) is 0 Å². The van der Waals surface area contributed by atoms with E-state index in [0.717, 1.165) is 17.1 Å². The van der Waals surface area contributed by atoms with Gasteiger partial charge in [-0.3, -0.25) is 4.79 Å². The van der Waals surface area contributed by atoms with E-state index in [-0.39, 0.29) is 4.58 Å². The van der Waals surface area contributed by atoms with Gasteiger partial charge >= 0.3 is 0 Å². The molecule has 0 spiro atoms. The molecule has 1 aliphatic rings. The monoisotopic (exact) mass is 373 g/mol. The highest BCUT2D eigenvalue weighted by Crippen LogP contribution is 2.45. The first-order chi connectivity index (χ1) is 11.5. The highest BCUT2D eigenvalue weighted by Gasteiger charge is 2.23. The Morgan fingerprint density at radius 3 is 2.42 bits per heavy atom. The van der Waals surface area contributed by atoms with Gasteiger partial charge in [0.25, 0.3) is 5.91 Å². The Morgan fingerprint density at radius 2 is 1.71 bits per heavy atom. The van der Waals surface area contributed by atoms with Crippen molar-refractivity contribution in [3.05, 3.63) is 64.7 Å². The van der Waals surface area contributed by atoms with Gasteiger partial charge in [0.05, 0.1) is 10.1 Å². The summed E-state index contributed by atoms with van der Waals surface area (Å²) in [5.41, 5.74) is 0.466. The van der Waals surface area contributed by atoms with Crippen LogP contribution in [0.3, 0.4) is 0 Å². The molecule has 2 nitrogen and oxygen atoms in total. The van der Waals surface area contributed by atoms with E-state index in [1.54, 1.807) is 41.7 Å². The van der Waals surface area contributed by atoms with Crippen LogP contribution in [-0.2, 0) is 0 Å². The van der Waals surface area contributed by atoms with Gasteiger partial charge in [0.2, 0.25) is 0 Å². The number of thioether (sulfide) groups is 2. The van der Waals surface area contributed by atoms with E-state index < -0.39 is 34.7 Å². The summed E-state index contributed by atoms with van der Waals surface area (Å²) in [5, 5.41) is 2.38. The minimum atomic E-state index is -2.01. The van der Waals surface area contributed by atoms with Crippen molar-refractivity contribution in [2.24, 2.45) is 0 Å². The molecule has 1 saturated heterocycles. The largest absolute Gasteiger partial charge is 0.322 e. The van der Waals surface area contributed by atoms with Crippen LogP contribution >= 0.6 is 23.5 Å². The number of rotatable bonds is 3. The van der Waals surface area contributed by atoms with Gasteiger partial charge in [-0.2, -0.15) is 0 Å². The molecule has 8 heteroatoms. The smallest absolute Gasteiger partial charge is 0.258 e. The van der Waals surface area contributed by atoms with E-state index >= 15 is 0 Å². The predicted molar refractivity (Wildman–Crippen MR) is 88.3 cm³/mol. The van der Waals surface area contributed by atoms with E-state index in [9.17, 15) is 22.4 Å². The highest BCUT2D eigenvalue weighted by molar-refractivity contribution is 8.19. The second-order valence-electron chi connectivity index (χ2n) is 5.00. The van der Waals surface area contributed by atoms with E-state index in [4.69, 9.17) is 0 Å². The number of carbonyl (C=O) groups is 1. The molecule has 126 valence electrons. The van der Waals surface area contributed by atoms with Crippen LogP contribution in [0.1, 0.15) is 20.5 Å². The lowest BCUT2D eigenvalue weighted by atomic mass is 10.1. The molecule has 2 aromatic carbocycles. The zero-order valence-corrected chi connectivity index (χ0v) is 13.7. The molecule has 0 aromatic heterocycles. The maximum Gasteiger partial charge on any atom is 0.258 e. The van der Waals surface area contributed by atoms with Gasteiger partial charge in [0.1, 0.15) is 0 Å². The molecule has 0 aliphatic carbocycles. The van der Waals surface area contributed by atoms with Gasteiger partial charge in [0, 0.05) is 17.2 Å². The van der Waals surface area contributed by atoms with Crippen molar-refractivity contribution in [3.63, 3.8) is 0 Å². The van der Waals surface area contributed by atoms with Gasteiger partial charge in [-0.25, -0.2) is 17.6 Å². The van der Waals surface area contributed by atoms with Crippen LogP contribution in [0.25, 0.3) is 0 Å². The molecule has 0 atom stereocenters. The zero-order valence-electron chi connectivity index (χ0n) is 12.1. The minimum Gasteiger partial charge on any atom is -0.322 e. The van der Waals surface area contributed by atoms with Crippen LogP contribution in [0.2, 0.25) is 0 Å². The molecule has 0 radical (unpaired) electrons. The molecule has 1 heterocycles. The topological polar surface area (TPSA) is 29.1 Å². The lowest BCUT2D eigenvalue weighted by Gasteiger charge is -2.12. The van der Waals surface area contributed by atoms with Crippen molar-refractivity contribution < 1.29 is 22.4 Å². The quantitative estimate of drug-likeness (QED) is 0.468. The van der Waals surface area contributed by atoms with Crippen LogP contribution in [-0.4, -0.2) is 17.4 Å². The lowest BCUT2D eigenvalue weighted by molar-refractivity contribution is 0.102. The Hall–Kier alpha value is -1.67. The van der Waals surface area contributed by atoms with Crippen molar-refractivity contribution in [1.82, 2.24) is 0 Å². The van der Waals surface area contributed by atoms with Crippen molar-refractivity contribution in [2.45, 2.75) is 4.58 Å². The molecular weight excluding hydrogens is 362 g/mol. The number of hydrogen-bond acceptors (Lipinski definition) is 3. The molecule has 0 bridgehead atoms. The molecule has 0 saturated carbocycles. The standard InChI is InChI=1S/C16H11F4NOS2/c17-11-7-10(12(18)14(20)13(11)19)15(22)21-9-3-1-2-8(6-9)16-23-4-5-24-16/h1-3,6-7,16H,4-5H2,(H,21,22). The third-order valence-electron chi connectivity index (χ3n) is 3.39. The number of amides is 1. The summed E-state index contributed by atoms with van der Waals surface area (Å²) in [6.07, 6.45) is 0. The zero-order chi connectivity index (χ0) is 17.3. The molecule has 0 unspecified atom stereocenters. The summed E-state index contributed by atoms with van der Waals surface area (Å²) in [5.74, 6) is -6.27. The number of nitrogens with one attached hydrogen (secondary N) is 1. The van der Waals surface area contributed by atoms with E-state index in [0.29, 0.717) is 11.8 Å². The summed E-state index contributed by atoms with van der Waals surface area (Å²) in [4.78, 5) is 12.1. The first-order valence-corrected chi connectivity index (χ1v) is 9.04. The van der Waals surface area contributed by atoms with Crippen LogP contribution in [0.15, 0.2) is 30.3 Å². The van der Waals surface area contributed by atoms with Crippen LogP contribution in [0, 0.1) is 23.3 Å². The third-order valence-corrected chi connectivity index (χ3v) is 6.49. The number of hydrogen-bond donors (Lipinski definition) is 1. The summed E-state index contributed by atoms with van der Waals surface area (Å²) in [6.45, 7) is 0. The number of carbonyl (C=O) groups excluding carboxylic acids is 1. The normalized spacial score (nSPS) is 14.8. The number of anilines is 1. The fourth-order valence-corrected chi connectivity index (χ4v) is 5.09. The Kier molecular flexibility index (Phi) is 5.05. The van der Waals surface area contributed by atoms with Gasteiger partial charge in [-0.1, -0.05) is 12.1 Å². The summed E-state index contributed by atoms with van der Waals surface area (Å²) in [6, 6.07) is 7.29. The van der Waals surface area contributed by atoms with Gasteiger partial charge in [-0.15, -0.1) is 23.5 Å². The SMILES string of the molecule is O=C(Nc1cccc(C2SCCS2)c1)c1cc(F)c(F)c(F)c1F. The molecule has 24 heavy (non-hydrogen) atoms. The van der Waals surface area contributed by atoms with Crippen LogP contribution in [0.4, 0.5) is 23.2 Å². The highest BCUT2D eigenvalue weighted by atomic mass is 32.2. The molecule has 1 N–H and O–H groups in total. The first-order valence-electron chi connectivity index (χ1n) is 6.95. The van der Waals surface area contributed by atoms with Crippen LogP contribution < -0.4 is 5.32 Å². The predicted octanol–water partition coefficient (Wildman–Crippen LogP) is 4.97. The summed E-state index contributed by atoms with van der Waals surface area (Å²) < 4.78 is 53.3. The summed E-state index contributed by atoms with van der Waals surface area (Å²) >= 11 is 3.55. The Balaban J connectivity index is 1.84. The fourth-order valence-electron chi connectivity index (χ4n) is 2.25. The number of halogens is 4. The third kappa shape index (κ3) is 3.39. The molecule has 1 fully saturated rings. The average molecular weight is 373 g/mol. The first kappa shape index (κ1) is 17.2. The van der Waals surface area contributed by atoms with Crippen LogP contribution in [0.5, 0.6) is 0 Å². The van der Waals surface area contributed by atoms with Crippen molar-refractivity contribution >= 4 is 35.1 Å². The Morgan fingerprint density at radius 1 is 1.00 bits per heavy atom. The van der Waals surface area contributed by atoms with Crippen molar-refractivity contribution in [2.75, 3.05) is 16.8 Å². The number of benzene rings is 2. The van der Waals surface area contributed by atoms with Gasteiger partial charge < -0.3 is 5.32 Å². The lowest BCUT2D eigenvalue weighted by Crippen LogP contribution is -2.16. The van der Waals surface area contributed by atoms with E-state index in [1.807, 2.05) is 6.07 Å². The van der Waals surface area contributed by atoms with Gasteiger partial charge in [-0.05, 0) is 23.8 Å². The van der Waals surface area contributed by atoms with Crippen molar-refractivity contribution in [1.29, 1.82) is 0 Å². The second-order valence-corrected chi connectivity index (χ2v) is 7.73. The molecule has 2 aromatic rings. The fraction of sp³-hybridized carbons (Fsp3) is 0.188. The summed E-state index contributed by atoms with van der Waals surface area (Å²) in [7, 11) is 0. The molecule has 1 aliphatic heterocycles. The average Bonchev–Trinajstić information content (AvgIpc) is 3.11. The molecular formula is C16H11F4NOS2. The van der Waals surface area contributed by atoms with Gasteiger partial charge in [0.15, 0.2) is 23.3 Å². The Labute approximate surface area is 144 Å². The molecule has 1 amide bonds. The Bertz CT molecular complexity index is 794. The molecule has 3 rings (SSSR count). The minimum absolute atomic E-state index is 0.249.